The third kappa shape index (κ3) is 6.01. The van der Waals surface area contributed by atoms with Crippen molar-refractivity contribution >= 4 is 23.4 Å². The summed E-state index contributed by atoms with van der Waals surface area (Å²) in [6.07, 6.45) is -0.771. The lowest BCUT2D eigenvalue weighted by molar-refractivity contribution is -0.120. The predicted molar refractivity (Wildman–Crippen MR) is 74.7 cm³/mol. The fraction of sp³-hybridized carbons (Fsp3) is 0.385. The molecule has 20 heavy (non-hydrogen) atoms. The topological polar surface area (TPSA) is 87.7 Å². The van der Waals surface area contributed by atoms with E-state index < -0.39 is 12.0 Å². The highest BCUT2D eigenvalue weighted by atomic mass is 35.5. The van der Waals surface area contributed by atoms with E-state index in [9.17, 15) is 14.7 Å². The molecule has 0 saturated carbocycles. The van der Waals surface area contributed by atoms with E-state index in [1.54, 1.807) is 18.2 Å². The number of halogens is 1. The Balaban J connectivity index is 2.32. The number of methoxy groups -OCH3 is 1. The average Bonchev–Trinajstić information content (AvgIpc) is 2.43. The number of hydrogen-bond acceptors (Lipinski definition) is 4. The van der Waals surface area contributed by atoms with Crippen LogP contribution in [-0.4, -0.2) is 49.8 Å². The summed E-state index contributed by atoms with van der Waals surface area (Å²) in [7, 11) is 1.45. The number of rotatable bonds is 7. The van der Waals surface area contributed by atoms with Crippen molar-refractivity contribution < 1.29 is 19.4 Å². The highest BCUT2D eigenvalue weighted by molar-refractivity contribution is 6.30. The van der Waals surface area contributed by atoms with E-state index in [2.05, 4.69) is 10.6 Å². The van der Waals surface area contributed by atoms with Gasteiger partial charge in [-0.3, -0.25) is 9.59 Å². The first-order valence-corrected chi connectivity index (χ1v) is 6.38. The number of carbonyl (C=O) groups is 2. The number of aliphatic hydroxyl groups is 1. The second kappa shape index (κ2) is 8.52. The van der Waals surface area contributed by atoms with Crippen LogP contribution >= 0.6 is 11.6 Å². The quantitative estimate of drug-likeness (QED) is 0.671. The minimum absolute atomic E-state index is 0.0692. The van der Waals surface area contributed by atoms with Gasteiger partial charge in [-0.05, 0) is 18.2 Å². The zero-order valence-electron chi connectivity index (χ0n) is 11.1. The Morgan fingerprint density at radius 2 is 2.15 bits per heavy atom. The SMILES string of the molecule is COCC(O)CNC(=O)CNC(=O)c1cccc(Cl)c1. The van der Waals surface area contributed by atoms with Gasteiger partial charge in [-0.2, -0.15) is 0 Å². The van der Waals surface area contributed by atoms with Crippen molar-refractivity contribution in [2.24, 2.45) is 0 Å². The molecule has 1 aromatic carbocycles. The second-order valence-electron chi connectivity index (χ2n) is 4.11. The maximum absolute atomic E-state index is 11.7. The van der Waals surface area contributed by atoms with Crippen molar-refractivity contribution in [2.45, 2.75) is 6.10 Å². The number of carbonyl (C=O) groups excluding carboxylic acids is 2. The lowest BCUT2D eigenvalue weighted by Gasteiger charge is -2.11. The maximum atomic E-state index is 11.7. The molecular weight excluding hydrogens is 284 g/mol. The summed E-state index contributed by atoms with van der Waals surface area (Å²) in [5.41, 5.74) is 0.379. The molecule has 7 heteroatoms. The van der Waals surface area contributed by atoms with Crippen LogP contribution in [-0.2, 0) is 9.53 Å². The van der Waals surface area contributed by atoms with Gasteiger partial charge in [0.1, 0.15) is 0 Å². The van der Waals surface area contributed by atoms with Gasteiger partial charge in [-0.25, -0.2) is 0 Å². The molecule has 0 aliphatic heterocycles. The van der Waals surface area contributed by atoms with Crippen LogP contribution in [0.25, 0.3) is 0 Å². The first-order valence-electron chi connectivity index (χ1n) is 6.00. The summed E-state index contributed by atoms with van der Waals surface area (Å²) in [6.45, 7) is 0.0277. The van der Waals surface area contributed by atoms with E-state index in [4.69, 9.17) is 16.3 Å². The molecule has 1 rings (SSSR count). The lowest BCUT2D eigenvalue weighted by atomic mass is 10.2. The Labute approximate surface area is 122 Å². The van der Waals surface area contributed by atoms with Crippen LogP contribution < -0.4 is 10.6 Å². The average molecular weight is 301 g/mol. The van der Waals surface area contributed by atoms with Crippen molar-refractivity contribution in [1.29, 1.82) is 0 Å². The zero-order chi connectivity index (χ0) is 15.0. The zero-order valence-corrected chi connectivity index (χ0v) is 11.8. The summed E-state index contributed by atoms with van der Waals surface area (Å²) >= 11 is 5.77. The fourth-order valence-corrected chi connectivity index (χ4v) is 1.63. The van der Waals surface area contributed by atoms with Crippen LogP contribution in [0.1, 0.15) is 10.4 Å². The Morgan fingerprint density at radius 3 is 2.80 bits per heavy atom. The molecule has 1 aromatic rings. The first-order chi connectivity index (χ1) is 9.52. The van der Waals surface area contributed by atoms with Crippen LogP contribution in [0.15, 0.2) is 24.3 Å². The molecule has 6 nitrogen and oxygen atoms in total. The normalized spacial score (nSPS) is 11.8. The van der Waals surface area contributed by atoms with Gasteiger partial charge >= 0.3 is 0 Å². The summed E-state index contributed by atoms with van der Waals surface area (Å²) in [5, 5.41) is 14.7. The van der Waals surface area contributed by atoms with Crippen molar-refractivity contribution in [3.05, 3.63) is 34.9 Å². The smallest absolute Gasteiger partial charge is 0.251 e. The van der Waals surface area contributed by atoms with Gasteiger partial charge in [0.05, 0.1) is 19.3 Å². The van der Waals surface area contributed by atoms with Crippen molar-refractivity contribution in [2.75, 3.05) is 26.8 Å². The Kier molecular flexibility index (Phi) is 7.00. The molecule has 0 aliphatic rings. The first kappa shape index (κ1) is 16.4. The van der Waals surface area contributed by atoms with E-state index >= 15 is 0 Å². The molecule has 0 aliphatic carbocycles. The molecule has 0 fully saturated rings. The van der Waals surface area contributed by atoms with E-state index in [0.29, 0.717) is 10.6 Å². The number of hydrogen-bond donors (Lipinski definition) is 3. The van der Waals surface area contributed by atoms with Gasteiger partial charge < -0.3 is 20.5 Å². The molecule has 0 radical (unpaired) electrons. The summed E-state index contributed by atoms with van der Waals surface area (Å²) in [5.74, 6) is -0.782. The second-order valence-corrected chi connectivity index (χ2v) is 4.54. The highest BCUT2D eigenvalue weighted by Crippen LogP contribution is 2.10. The van der Waals surface area contributed by atoms with Crippen LogP contribution in [0.5, 0.6) is 0 Å². The summed E-state index contributed by atoms with van der Waals surface area (Å²) in [4.78, 5) is 23.2. The van der Waals surface area contributed by atoms with Gasteiger partial charge in [0, 0.05) is 24.2 Å². The standard InChI is InChI=1S/C13H17ClN2O4/c1-20-8-11(17)6-15-12(18)7-16-13(19)9-3-2-4-10(14)5-9/h2-5,11,17H,6-8H2,1H3,(H,15,18)(H,16,19). The van der Waals surface area contributed by atoms with Crippen molar-refractivity contribution in [1.82, 2.24) is 10.6 Å². The third-order valence-corrected chi connectivity index (χ3v) is 2.63. The number of nitrogens with one attached hydrogen (secondary N) is 2. The lowest BCUT2D eigenvalue weighted by Crippen LogP contribution is -2.40. The van der Waals surface area contributed by atoms with Crippen LogP contribution in [0, 0.1) is 0 Å². The van der Waals surface area contributed by atoms with Crippen LogP contribution in [0.4, 0.5) is 0 Å². The monoisotopic (exact) mass is 300 g/mol. The minimum atomic E-state index is -0.771. The van der Waals surface area contributed by atoms with Crippen LogP contribution in [0.2, 0.25) is 5.02 Å². The molecule has 110 valence electrons. The molecule has 1 unspecified atom stereocenters. The van der Waals surface area contributed by atoms with Gasteiger partial charge in [-0.1, -0.05) is 17.7 Å². The number of benzene rings is 1. The van der Waals surface area contributed by atoms with Gasteiger partial charge in [0.15, 0.2) is 0 Å². The maximum Gasteiger partial charge on any atom is 0.251 e. The molecule has 1 atom stereocenters. The molecular formula is C13H17ClN2O4. The molecule has 0 spiro atoms. The third-order valence-electron chi connectivity index (χ3n) is 2.39. The van der Waals surface area contributed by atoms with Crippen molar-refractivity contribution in [3.8, 4) is 0 Å². The Bertz CT molecular complexity index is 467. The molecule has 0 heterocycles. The van der Waals surface area contributed by atoms with Crippen molar-refractivity contribution in [3.63, 3.8) is 0 Å². The van der Waals surface area contributed by atoms with Gasteiger partial charge in [-0.15, -0.1) is 0 Å². The molecule has 2 amide bonds. The highest BCUT2D eigenvalue weighted by Gasteiger charge is 2.09. The van der Waals surface area contributed by atoms with E-state index in [0.717, 1.165) is 0 Å². The number of aliphatic hydroxyl groups excluding tert-OH is 1. The number of amides is 2. The van der Waals surface area contributed by atoms with E-state index in [1.807, 2.05) is 0 Å². The predicted octanol–water partition coefficient (Wildman–Crippen LogP) is 0.193. The van der Waals surface area contributed by atoms with Crippen LogP contribution in [0.3, 0.4) is 0 Å². The largest absolute Gasteiger partial charge is 0.389 e. The molecule has 3 N–H and O–H groups in total. The van der Waals surface area contributed by atoms with Gasteiger partial charge in [0.2, 0.25) is 5.91 Å². The number of ether oxygens (including phenoxy) is 1. The van der Waals surface area contributed by atoms with Gasteiger partial charge in [0.25, 0.3) is 5.91 Å². The Morgan fingerprint density at radius 1 is 1.40 bits per heavy atom. The van der Waals surface area contributed by atoms with E-state index in [1.165, 1.54) is 13.2 Å². The Hall–Kier alpha value is -1.63. The molecule has 0 bridgehead atoms. The van der Waals surface area contributed by atoms with E-state index in [-0.39, 0.29) is 25.6 Å². The minimum Gasteiger partial charge on any atom is -0.389 e. The molecule has 0 saturated heterocycles. The summed E-state index contributed by atoms with van der Waals surface area (Å²) < 4.78 is 4.72. The summed E-state index contributed by atoms with van der Waals surface area (Å²) in [6, 6.07) is 6.42. The fourth-order valence-electron chi connectivity index (χ4n) is 1.44. The molecule has 0 aromatic heterocycles.